The number of nitrogens with zero attached hydrogens (tertiary/aromatic N) is 4. The van der Waals surface area contributed by atoms with Crippen molar-refractivity contribution < 1.29 is 8.42 Å². The summed E-state index contributed by atoms with van der Waals surface area (Å²) in [7, 11) is -3.49. The fourth-order valence-electron chi connectivity index (χ4n) is 3.95. The molecule has 1 fully saturated rings. The third-order valence-corrected chi connectivity index (χ3v) is 7.31. The van der Waals surface area contributed by atoms with Crippen molar-refractivity contribution in [2.75, 3.05) is 26.2 Å². The molecule has 0 N–H and O–H groups in total. The topological polar surface area (TPSA) is 58.4 Å². The smallest absolute Gasteiger partial charge is 0.243 e. The Kier molecular flexibility index (Phi) is 4.86. The summed E-state index contributed by atoms with van der Waals surface area (Å²) in [6.07, 6.45) is 5.24. The van der Waals surface area contributed by atoms with Crippen molar-refractivity contribution in [2.45, 2.75) is 43.7 Å². The largest absolute Gasteiger partial charge is 0.303 e. The van der Waals surface area contributed by atoms with Gasteiger partial charge in [0.2, 0.25) is 10.0 Å². The predicted molar refractivity (Wildman–Crippen MR) is 100 cm³/mol. The van der Waals surface area contributed by atoms with Gasteiger partial charge in [-0.25, -0.2) is 8.42 Å². The summed E-state index contributed by atoms with van der Waals surface area (Å²) >= 11 is 0. The Morgan fingerprint density at radius 3 is 2.58 bits per heavy atom. The predicted octanol–water partition coefficient (Wildman–Crippen LogP) is 2.42. The van der Waals surface area contributed by atoms with E-state index in [9.17, 15) is 8.42 Å². The lowest BCUT2D eigenvalue weighted by atomic mass is 10.1. The summed E-state index contributed by atoms with van der Waals surface area (Å²) in [6, 6.07) is 9.14. The van der Waals surface area contributed by atoms with Crippen molar-refractivity contribution in [1.82, 2.24) is 19.0 Å². The van der Waals surface area contributed by atoms with Gasteiger partial charge in [-0.15, -0.1) is 0 Å². The molecule has 0 spiro atoms. The lowest BCUT2D eigenvalue weighted by Gasteiger charge is -2.34. The Morgan fingerprint density at radius 1 is 1.12 bits per heavy atom. The highest BCUT2D eigenvalue weighted by Crippen LogP contribution is 2.28. The highest BCUT2D eigenvalue weighted by Gasteiger charge is 2.33. The molecular weight excluding hydrogens is 348 g/mol. The third kappa shape index (κ3) is 3.43. The van der Waals surface area contributed by atoms with Crippen LogP contribution in [0.4, 0.5) is 0 Å². The second-order valence-corrected chi connectivity index (χ2v) is 9.31. The molecule has 6 nitrogen and oxygen atoms in total. The van der Waals surface area contributed by atoms with E-state index in [4.69, 9.17) is 0 Å². The zero-order valence-electron chi connectivity index (χ0n) is 15.2. The fraction of sp³-hybridized carbons (Fsp3) is 0.526. The molecular formula is C19H26N4O2S. The Bertz CT molecular complexity index is 854. The van der Waals surface area contributed by atoms with E-state index in [-0.39, 0.29) is 6.04 Å². The molecule has 3 heterocycles. The number of benzene rings is 1. The molecule has 0 unspecified atom stereocenters. The number of hydrogen-bond donors (Lipinski definition) is 0. The van der Waals surface area contributed by atoms with Crippen molar-refractivity contribution in [2.24, 2.45) is 0 Å². The van der Waals surface area contributed by atoms with E-state index in [2.05, 4.69) is 10.00 Å². The van der Waals surface area contributed by atoms with E-state index in [1.165, 1.54) is 12.8 Å². The lowest BCUT2D eigenvalue weighted by molar-refractivity contribution is 0.226. The van der Waals surface area contributed by atoms with Crippen LogP contribution in [0, 0.1) is 6.92 Å². The van der Waals surface area contributed by atoms with Crippen LogP contribution in [-0.2, 0) is 16.6 Å². The molecule has 7 heteroatoms. The molecule has 26 heavy (non-hydrogen) atoms. The van der Waals surface area contributed by atoms with Crippen molar-refractivity contribution in [3.8, 4) is 0 Å². The Hall–Kier alpha value is -1.70. The maximum atomic E-state index is 13.1. The second kappa shape index (κ2) is 7.13. The zero-order valence-corrected chi connectivity index (χ0v) is 16.0. The molecule has 0 saturated carbocycles. The van der Waals surface area contributed by atoms with Gasteiger partial charge in [-0.1, -0.05) is 17.7 Å². The van der Waals surface area contributed by atoms with E-state index in [0.29, 0.717) is 18.0 Å². The molecule has 1 atom stereocenters. The van der Waals surface area contributed by atoms with Crippen molar-refractivity contribution in [3.05, 3.63) is 47.8 Å². The number of aryl methyl sites for hydroxylation is 1. The SMILES string of the molecule is Cc1ccc(S(=O)(=O)N2Cc3ccnn3[C@H](CCN3CCCC3)C2)cc1. The standard InChI is InChI=1S/C19H26N4O2S/c1-16-4-6-19(7-5-16)26(24,25)22-14-17-8-10-20-23(17)18(15-22)9-13-21-11-2-3-12-21/h4-8,10,18H,2-3,9,11-15H2,1H3/t18-/m1/s1. The van der Waals surface area contributed by atoms with Gasteiger partial charge < -0.3 is 4.90 Å². The molecule has 2 aliphatic rings. The van der Waals surface area contributed by atoms with E-state index >= 15 is 0 Å². The first-order valence-corrected chi connectivity index (χ1v) is 10.8. The van der Waals surface area contributed by atoms with Crippen LogP contribution in [0.25, 0.3) is 0 Å². The lowest BCUT2D eigenvalue weighted by Crippen LogP contribution is -2.42. The number of fused-ring (bicyclic) bond motifs is 1. The van der Waals surface area contributed by atoms with Gasteiger partial charge in [-0.2, -0.15) is 9.40 Å². The van der Waals surface area contributed by atoms with Crippen LogP contribution in [0.3, 0.4) is 0 Å². The normalized spacial score (nSPS) is 21.8. The number of rotatable bonds is 5. The van der Waals surface area contributed by atoms with E-state index in [1.807, 2.05) is 29.8 Å². The van der Waals surface area contributed by atoms with Gasteiger partial charge in [0.05, 0.1) is 23.2 Å². The molecule has 1 aromatic heterocycles. The average molecular weight is 375 g/mol. The van der Waals surface area contributed by atoms with Crippen molar-refractivity contribution >= 4 is 10.0 Å². The van der Waals surface area contributed by atoms with Crippen LogP contribution in [0.1, 0.15) is 36.6 Å². The van der Waals surface area contributed by atoms with Gasteiger partial charge in [0.15, 0.2) is 0 Å². The van der Waals surface area contributed by atoms with Crippen LogP contribution in [-0.4, -0.2) is 53.6 Å². The highest BCUT2D eigenvalue weighted by molar-refractivity contribution is 7.89. The monoisotopic (exact) mass is 374 g/mol. The highest BCUT2D eigenvalue weighted by atomic mass is 32.2. The fourth-order valence-corrected chi connectivity index (χ4v) is 5.40. The number of aromatic nitrogens is 2. The van der Waals surface area contributed by atoms with E-state index in [1.54, 1.807) is 22.6 Å². The Morgan fingerprint density at radius 2 is 1.85 bits per heavy atom. The van der Waals surface area contributed by atoms with Crippen molar-refractivity contribution in [1.29, 1.82) is 0 Å². The quantitative estimate of drug-likeness (QED) is 0.806. The van der Waals surface area contributed by atoms with Crippen LogP contribution in [0.2, 0.25) is 0 Å². The van der Waals surface area contributed by atoms with E-state index < -0.39 is 10.0 Å². The molecule has 2 aromatic rings. The van der Waals surface area contributed by atoms with Crippen LogP contribution in [0.5, 0.6) is 0 Å². The summed E-state index contributed by atoms with van der Waals surface area (Å²) in [6.45, 7) is 6.15. The minimum Gasteiger partial charge on any atom is -0.303 e. The van der Waals surface area contributed by atoms with E-state index in [0.717, 1.165) is 37.3 Å². The number of sulfonamides is 1. The maximum absolute atomic E-state index is 13.1. The first-order chi connectivity index (χ1) is 12.5. The minimum absolute atomic E-state index is 0.0922. The van der Waals surface area contributed by atoms with Crippen LogP contribution in [0.15, 0.2) is 41.4 Å². The summed E-state index contributed by atoms with van der Waals surface area (Å²) in [5.41, 5.74) is 2.03. The first kappa shape index (κ1) is 17.7. The van der Waals surface area contributed by atoms with Gasteiger partial charge in [-0.3, -0.25) is 4.68 Å². The summed E-state index contributed by atoms with van der Waals surface area (Å²) in [4.78, 5) is 2.84. The Labute approximate surface area is 155 Å². The van der Waals surface area contributed by atoms with Crippen LogP contribution < -0.4 is 0 Å². The summed E-state index contributed by atoms with van der Waals surface area (Å²) in [5.74, 6) is 0. The van der Waals surface area contributed by atoms with Gasteiger partial charge in [0.1, 0.15) is 0 Å². The molecule has 0 bridgehead atoms. The molecule has 2 aliphatic heterocycles. The van der Waals surface area contributed by atoms with Gasteiger partial charge in [0, 0.05) is 19.3 Å². The molecule has 1 saturated heterocycles. The maximum Gasteiger partial charge on any atom is 0.243 e. The molecule has 1 aromatic carbocycles. The minimum atomic E-state index is -3.49. The number of hydrogen-bond acceptors (Lipinski definition) is 4. The average Bonchev–Trinajstić information content (AvgIpc) is 3.31. The van der Waals surface area contributed by atoms with Gasteiger partial charge in [-0.05, 0) is 57.5 Å². The first-order valence-electron chi connectivity index (χ1n) is 9.35. The van der Waals surface area contributed by atoms with Crippen LogP contribution >= 0.6 is 0 Å². The van der Waals surface area contributed by atoms with Gasteiger partial charge >= 0.3 is 0 Å². The Balaban J connectivity index is 1.55. The molecule has 0 amide bonds. The third-order valence-electron chi connectivity index (χ3n) is 5.49. The molecule has 4 rings (SSSR count). The zero-order chi connectivity index (χ0) is 18.1. The number of likely N-dealkylation sites (tertiary alicyclic amines) is 1. The summed E-state index contributed by atoms with van der Waals surface area (Å²) < 4.78 is 29.9. The molecule has 0 radical (unpaired) electrons. The van der Waals surface area contributed by atoms with Gasteiger partial charge in [0.25, 0.3) is 0 Å². The molecule has 0 aliphatic carbocycles. The van der Waals surface area contributed by atoms with Crippen molar-refractivity contribution in [3.63, 3.8) is 0 Å². The second-order valence-electron chi connectivity index (χ2n) is 7.37. The molecule has 140 valence electrons. The summed E-state index contributed by atoms with van der Waals surface area (Å²) in [5, 5.41) is 4.46.